The monoisotopic (exact) mass is 256 g/mol. The van der Waals surface area contributed by atoms with Crippen molar-refractivity contribution < 1.29 is 14.7 Å². The first-order valence-corrected chi connectivity index (χ1v) is 6.76. The first kappa shape index (κ1) is 14.8. The lowest BCUT2D eigenvalue weighted by Crippen LogP contribution is -2.43. The number of hydrogen-bond acceptors (Lipinski definition) is 2. The zero-order valence-corrected chi connectivity index (χ0v) is 11.3. The molecule has 0 heterocycles. The molecule has 1 saturated carbocycles. The fourth-order valence-electron chi connectivity index (χ4n) is 2.15. The number of hydrogen-bond donors (Lipinski definition) is 2. The molecule has 5 nitrogen and oxygen atoms in total. The summed E-state index contributed by atoms with van der Waals surface area (Å²) in [5, 5.41) is 11.7. The van der Waals surface area contributed by atoms with Crippen molar-refractivity contribution in [2.24, 2.45) is 11.8 Å². The summed E-state index contributed by atoms with van der Waals surface area (Å²) >= 11 is 0. The second kappa shape index (κ2) is 7.24. The molecule has 0 spiro atoms. The fourth-order valence-corrected chi connectivity index (χ4v) is 2.15. The van der Waals surface area contributed by atoms with Gasteiger partial charge in [-0.1, -0.05) is 19.8 Å². The van der Waals surface area contributed by atoms with Crippen LogP contribution in [0.4, 0.5) is 4.79 Å². The molecule has 1 aliphatic carbocycles. The van der Waals surface area contributed by atoms with E-state index in [0.717, 1.165) is 13.0 Å². The van der Waals surface area contributed by atoms with E-state index < -0.39 is 11.9 Å². The zero-order chi connectivity index (χ0) is 13.5. The van der Waals surface area contributed by atoms with Crippen LogP contribution < -0.4 is 5.32 Å². The van der Waals surface area contributed by atoms with E-state index in [1.54, 1.807) is 11.9 Å². The summed E-state index contributed by atoms with van der Waals surface area (Å²) in [4.78, 5) is 24.4. The maximum absolute atomic E-state index is 11.8. The summed E-state index contributed by atoms with van der Waals surface area (Å²) < 4.78 is 0. The van der Waals surface area contributed by atoms with Gasteiger partial charge < -0.3 is 15.3 Å². The molecule has 1 atom stereocenters. The number of carboxylic acids is 1. The number of aliphatic carboxylic acids is 1. The minimum Gasteiger partial charge on any atom is -0.481 e. The van der Waals surface area contributed by atoms with E-state index in [4.69, 9.17) is 5.11 Å². The molecule has 0 aromatic carbocycles. The molecule has 1 rings (SSSR count). The molecule has 1 fully saturated rings. The quantitative estimate of drug-likeness (QED) is 0.731. The molecule has 0 aromatic rings. The van der Waals surface area contributed by atoms with Gasteiger partial charge in [0.1, 0.15) is 0 Å². The largest absolute Gasteiger partial charge is 0.481 e. The highest BCUT2D eigenvalue weighted by Gasteiger charge is 2.22. The van der Waals surface area contributed by atoms with Crippen molar-refractivity contribution in [1.82, 2.24) is 10.2 Å². The Morgan fingerprint density at radius 3 is 2.56 bits per heavy atom. The Balaban J connectivity index is 2.26. The summed E-state index contributed by atoms with van der Waals surface area (Å²) in [5.41, 5.74) is 0. The Hall–Kier alpha value is -1.26. The minimum atomic E-state index is -0.834. The number of amides is 2. The fraction of sp³-hybridized carbons (Fsp3) is 0.846. The highest BCUT2D eigenvalue weighted by molar-refractivity contribution is 5.75. The van der Waals surface area contributed by atoms with E-state index >= 15 is 0 Å². The van der Waals surface area contributed by atoms with Gasteiger partial charge in [0.15, 0.2) is 0 Å². The van der Waals surface area contributed by atoms with Gasteiger partial charge in [-0.2, -0.15) is 0 Å². The molecule has 0 radical (unpaired) electrons. The summed E-state index contributed by atoms with van der Waals surface area (Å²) in [6, 6.07) is -0.163. The third kappa shape index (κ3) is 4.55. The van der Waals surface area contributed by atoms with E-state index in [1.807, 2.05) is 6.92 Å². The summed E-state index contributed by atoms with van der Waals surface area (Å²) in [6.07, 6.45) is 5.07. The van der Waals surface area contributed by atoms with Crippen molar-refractivity contribution >= 4 is 12.0 Å². The van der Waals surface area contributed by atoms with Crippen LogP contribution in [0.3, 0.4) is 0 Å². The summed E-state index contributed by atoms with van der Waals surface area (Å²) in [6.45, 7) is 2.94. The smallest absolute Gasteiger partial charge is 0.317 e. The molecule has 2 N–H and O–H groups in total. The molecular weight excluding hydrogens is 232 g/mol. The molecule has 0 aromatic heterocycles. The summed E-state index contributed by atoms with van der Waals surface area (Å²) in [5.74, 6) is -0.679. The predicted molar refractivity (Wildman–Crippen MR) is 69.4 cm³/mol. The van der Waals surface area contributed by atoms with Crippen molar-refractivity contribution in [2.45, 2.75) is 39.0 Å². The Bertz CT molecular complexity index is 290. The lowest BCUT2D eigenvalue weighted by Gasteiger charge is -2.30. The van der Waals surface area contributed by atoms with Gasteiger partial charge in [0.05, 0.1) is 5.92 Å². The van der Waals surface area contributed by atoms with Gasteiger partial charge in [0.25, 0.3) is 0 Å². The van der Waals surface area contributed by atoms with E-state index in [9.17, 15) is 9.59 Å². The molecule has 1 aliphatic rings. The van der Waals surface area contributed by atoms with Crippen LogP contribution in [-0.4, -0.2) is 42.1 Å². The highest BCUT2D eigenvalue weighted by atomic mass is 16.4. The first-order valence-electron chi connectivity index (χ1n) is 6.76. The zero-order valence-electron chi connectivity index (χ0n) is 11.3. The Morgan fingerprint density at radius 2 is 2.11 bits per heavy atom. The van der Waals surface area contributed by atoms with Crippen molar-refractivity contribution in [1.29, 1.82) is 0 Å². The second-order valence-corrected chi connectivity index (χ2v) is 5.19. The van der Waals surface area contributed by atoms with Crippen LogP contribution in [0.15, 0.2) is 0 Å². The molecule has 0 saturated heterocycles. The predicted octanol–water partition coefficient (Wildman–Crippen LogP) is 1.93. The van der Waals surface area contributed by atoms with Gasteiger partial charge in [0, 0.05) is 20.1 Å². The van der Waals surface area contributed by atoms with Crippen LogP contribution in [0.5, 0.6) is 0 Å². The maximum atomic E-state index is 11.8. The Kier molecular flexibility index (Phi) is 5.95. The van der Waals surface area contributed by atoms with Gasteiger partial charge in [-0.25, -0.2) is 4.79 Å². The van der Waals surface area contributed by atoms with Crippen molar-refractivity contribution in [2.75, 3.05) is 20.1 Å². The molecule has 18 heavy (non-hydrogen) atoms. The number of carboxylic acid groups (broad SMARTS) is 1. The van der Waals surface area contributed by atoms with E-state index in [1.165, 1.54) is 19.3 Å². The average molecular weight is 256 g/mol. The molecular formula is C13H24N2O3. The van der Waals surface area contributed by atoms with Crippen LogP contribution in [0.25, 0.3) is 0 Å². The Morgan fingerprint density at radius 1 is 1.44 bits per heavy atom. The topological polar surface area (TPSA) is 69.6 Å². The third-order valence-electron chi connectivity index (χ3n) is 3.59. The van der Waals surface area contributed by atoms with Gasteiger partial charge in [-0.05, 0) is 25.2 Å². The van der Waals surface area contributed by atoms with Crippen molar-refractivity contribution in [3.63, 3.8) is 0 Å². The van der Waals surface area contributed by atoms with Crippen molar-refractivity contribution in [3.05, 3.63) is 0 Å². The minimum absolute atomic E-state index is 0.163. The molecule has 0 bridgehead atoms. The standard InChI is InChI=1S/C13H24N2O3/c1-3-5-11(12(16)17)8-14-13(18)15(2)9-10-6-4-7-10/h10-11H,3-9H2,1-2H3,(H,14,18)(H,16,17). The van der Waals surface area contributed by atoms with Gasteiger partial charge in [-0.3, -0.25) is 4.79 Å². The van der Waals surface area contributed by atoms with Crippen LogP contribution in [0.2, 0.25) is 0 Å². The van der Waals surface area contributed by atoms with Gasteiger partial charge in [0.2, 0.25) is 0 Å². The molecule has 0 aliphatic heterocycles. The highest BCUT2D eigenvalue weighted by Crippen LogP contribution is 2.26. The lowest BCUT2D eigenvalue weighted by molar-refractivity contribution is -0.141. The molecule has 2 amide bonds. The van der Waals surface area contributed by atoms with E-state index in [0.29, 0.717) is 12.3 Å². The lowest BCUT2D eigenvalue weighted by atomic mass is 9.85. The molecule has 1 unspecified atom stereocenters. The number of nitrogens with zero attached hydrogens (tertiary/aromatic N) is 1. The van der Waals surface area contributed by atoms with Crippen LogP contribution in [0, 0.1) is 11.8 Å². The molecule has 5 heteroatoms. The van der Waals surface area contributed by atoms with Crippen molar-refractivity contribution in [3.8, 4) is 0 Å². The van der Waals surface area contributed by atoms with Crippen LogP contribution >= 0.6 is 0 Å². The second-order valence-electron chi connectivity index (χ2n) is 5.19. The number of urea groups is 1. The molecule has 104 valence electrons. The van der Waals surface area contributed by atoms with Crippen LogP contribution in [0.1, 0.15) is 39.0 Å². The maximum Gasteiger partial charge on any atom is 0.317 e. The SMILES string of the molecule is CCCC(CNC(=O)N(C)CC1CCC1)C(=O)O. The normalized spacial score (nSPS) is 16.8. The number of carbonyl (C=O) groups is 2. The Labute approximate surface area is 109 Å². The number of rotatable bonds is 7. The van der Waals surface area contributed by atoms with E-state index in [2.05, 4.69) is 5.32 Å². The van der Waals surface area contributed by atoms with Crippen LogP contribution in [-0.2, 0) is 4.79 Å². The average Bonchev–Trinajstić information content (AvgIpc) is 2.27. The third-order valence-corrected chi connectivity index (χ3v) is 3.59. The summed E-state index contributed by atoms with van der Waals surface area (Å²) in [7, 11) is 1.77. The first-order chi connectivity index (χ1) is 8.54. The number of nitrogens with one attached hydrogen (secondary N) is 1. The van der Waals surface area contributed by atoms with Gasteiger partial charge in [-0.15, -0.1) is 0 Å². The number of carbonyl (C=O) groups excluding carboxylic acids is 1. The van der Waals surface area contributed by atoms with E-state index in [-0.39, 0.29) is 12.6 Å². The van der Waals surface area contributed by atoms with Gasteiger partial charge >= 0.3 is 12.0 Å².